The first-order chi connectivity index (χ1) is 7.00. The molecular formula is C13H19NO. The Bertz CT molecular complexity index is 344. The van der Waals surface area contributed by atoms with E-state index >= 15 is 0 Å². The van der Waals surface area contributed by atoms with Crippen LogP contribution >= 0.6 is 0 Å². The van der Waals surface area contributed by atoms with Crippen molar-refractivity contribution in [2.24, 2.45) is 11.7 Å². The Hall–Kier alpha value is -1.15. The van der Waals surface area contributed by atoms with E-state index in [0.717, 1.165) is 17.5 Å². The van der Waals surface area contributed by atoms with Crippen LogP contribution in [0, 0.1) is 12.8 Å². The molecule has 0 fully saturated rings. The molecule has 1 rings (SSSR count). The van der Waals surface area contributed by atoms with E-state index in [2.05, 4.69) is 13.8 Å². The first kappa shape index (κ1) is 11.9. The van der Waals surface area contributed by atoms with Crippen molar-refractivity contribution < 1.29 is 4.79 Å². The highest BCUT2D eigenvalue weighted by Gasteiger charge is 2.16. The molecule has 0 spiro atoms. The van der Waals surface area contributed by atoms with Crippen LogP contribution in [-0.4, -0.2) is 11.8 Å². The Kier molecular flexibility index (Phi) is 4.04. The topological polar surface area (TPSA) is 43.1 Å². The van der Waals surface area contributed by atoms with Gasteiger partial charge in [0.05, 0.1) is 6.04 Å². The van der Waals surface area contributed by atoms with Gasteiger partial charge in [0.2, 0.25) is 0 Å². The minimum atomic E-state index is -0.369. The number of hydrogen-bond donors (Lipinski definition) is 1. The molecule has 1 unspecified atom stereocenters. The first-order valence-corrected chi connectivity index (χ1v) is 5.37. The molecule has 2 nitrogen and oxygen atoms in total. The van der Waals surface area contributed by atoms with E-state index in [-0.39, 0.29) is 11.8 Å². The first-order valence-electron chi connectivity index (χ1n) is 5.37. The van der Waals surface area contributed by atoms with Crippen LogP contribution in [0.2, 0.25) is 0 Å². The fourth-order valence-electron chi connectivity index (χ4n) is 1.63. The summed E-state index contributed by atoms with van der Waals surface area (Å²) in [5, 5.41) is 0. The average molecular weight is 205 g/mol. The summed E-state index contributed by atoms with van der Waals surface area (Å²) in [4.78, 5) is 11.9. The van der Waals surface area contributed by atoms with E-state index in [1.54, 1.807) is 0 Å². The molecule has 0 saturated heterocycles. The standard InChI is InChI=1S/C13H19NO/c1-9(2)7-12(14)13(15)11-6-4-5-10(3)8-11/h4-6,8-9,12H,7,14H2,1-3H3. The summed E-state index contributed by atoms with van der Waals surface area (Å²) in [6.07, 6.45) is 0.743. The number of ketones is 1. The van der Waals surface area contributed by atoms with Crippen LogP contribution in [0.25, 0.3) is 0 Å². The summed E-state index contributed by atoms with van der Waals surface area (Å²) >= 11 is 0. The third-order valence-corrected chi connectivity index (χ3v) is 2.36. The molecule has 0 amide bonds. The lowest BCUT2D eigenvalue weighted by atomic mass is 9.96. The Morgan fingerprint density at radius 1 is 1.40 bits per heavy atom. The molecule has 0 heterocycles. The van der Waals surface area contributed by atoms with Gasteiger partial charge in [0.25, 0.3) is 0 Å². The minimum Gasteiger partial charge on any atom is -0.321 e. The third kappa shape index (κ3) is 3.48. The van der Waals surface area contributed by atoms with Crippen LogP contribution in [0.3, 0.4) is 0 Å². The molecule has 0 radical (unpaired) electrons. The zero-order chi connectivity index (χ0) is 11.4. The van der Waals surface area contributed by atoms with E-state index in [4.69, 9.17) is 5.73 Å². The largest absolute Gasteiger partial charge is 0.321 e. The molecule has 1 aromatic rings. The van der Waals surface area contributed by atoms with Gasteiger partial charge < -0.3 is 5.73 Å². The SMILES string of the molecule is Cc1cccc(C(=O)C(N)CC(C)C)c1. The normalized spacial score (nSPS) is 12.9. The van der Waals surface area contributed by atoms with Gasteiger partial charge in [0.1, 0.15) is 0 Å². The molecule has 1 atom stereocenters. The van der Waals surface area contributed by atoms with Crippen molar-refractivity contribution in [2.75, 3.05) is 0 Å². The molecule has 2 heteroatoms. The molecule has 0 aromatic heterocycles. The third-order valence-electron chi connectivity index (χ3n) is 2.36. The van der Waals surface area contributed by atoms with Crippen molar-refractivity contribution in [2.45, 2.75) is 33.2 Å². The van der Waals surface area contributed by atoms with Crippen molar-refractivity contribution in [1.82, 2.24) is 0 Å². The van der Waals surface area contributed by atoms with Gasteiger partial charge in [-0.2, -0.15) is 0 Å². The van der Waals surface area contributed by atoms with Crippen molar-refractivity contribution in [3.63, 3.8) is 0 Å². The summed E-state index contributed by atoms with van der Waals surface area (Å²) in [6, 6.07) is 7.22. The molecule has 0 aliphatic heterocycles. The summed E-state index contributed by atoms with van der Waals surface area (Å²) in [7, 11) is 0. The lowest BCUT2D eigenvalue weighted by molar-refractivity contribution is 0.0951. The second kappa shape index (κ2) is 5.08. The van der Waals surface area contributed by atoms with Gasteiger partial charge in [-0.15, -0.1) is 0 Å². The predicted molar refractivity (Wildman–Crippen MR) is 62.9 cm³/mol. The number of rotatable bonds is 4. The van der Waals surface area contributed by atoms with Crippen molar-refractivity contribution in [1.29, 1.82) is 0 Å². The Morgan fingerprint density at radius 3 is 2.60 bits per heavy atom. The van der Waals surface area contributed by atoms with Crippen LogP contribution < -0.4 is 5.73 Å². The highest BCUT2D eigenvalue weighted by Crippen LogP contribution is 2.11. The van der Waals surface area contributed by atoms with Crippen LogP contribution in [-0.2, 0) is 0 Å². The van der Waals surface area contributed by atoms with Gasteiger partial charge >= 0.3 is 0 Å². The van der Waals surface area contributed by atoms with Crippen molar-refractivity contribution in [3.05, 3.63) is 35.4 Å². The smallest absolute Gasteiger partial charge is 0.179 e. The fraction of sp³-hybridized carbons (Fsp3) is 0.462. The zero-order valence-corrected chi connectivity index (χ0v) is 9.66. The number of carbonyl (C=O) groups excluding carboxylic acids is 1. The highest BCUT2D eigenvalue weighted by molar-refractivity contribution is 6.00. The highest BCUT2D eigenvalue weighted by atomic mass is 16.1. The maximum Gasteiger partial charge on any atom is 0.179 e. The quantitative estimate of drug-likeness (QED) is 0.768. The maximum absolute atomic E-state index is 11.9. The van der Waals surface area contributed by atoms with Crippen LogP contribution in [0.5, 0.6) is 0 Å². The molecule has 82 valence electrons. The van der Waals surface area contributed by atoms with Gasteiger partial charge in [0, 0.05) is 5.56 Å². The fourth-order valence-corrected chi connectivity index (χ4v) is 1.63. The maximum atomic E-state index is 11.9. The van der Waals surface area contributed by atoms with Gasteiger partial charge in [0.15, 0.2) is 5.78 Å². The molecule has 0 bridgehead atoms. The summed E-state index contributed by atoms with van der Waals surface area (Å²) in [5.74, 6) is 0.501. The van der Waals surface area contributed by atoms with Crippen LogP contribution in [0.1, 0.15) is 36.2 Å². The minimum absolute atomic E-state index is 0.0485. The predicted octanol–water partition coefficient (Wildman–Crippen LogP) is 2.55. The number of Topliss-reactive ketones (excluding diaryl/α,β-unsaturated/α-hetero) is 1. The van der Waals surface area contributed by atoms with E-state index in [1.165, 1.54) is 0 Å². The molecule has 0 aliphatic carbocycles. The average Bonchev–Trinajstić information content (AvgIpc) is 2.15. The summed E-state index contributed by atoms with van der Waals surface area (Å²) in [5.41, 5.74) is 7.67. The summed E-state index contributed by atoms with van der Waals surface area (Å²) in [6.45, 7) is 6.12. The van der Waals surface area contributed by atoms with E-state index < -0.39 is 0 Å². The zero-order valence-electron chi connectivity index (χ0n) is 9.66. The lowest BCUT2D eigenvalue weighted by Gasteiger charge is -2.13. The Labute approximate surface area is 91.5 Å². The van der Waals surface area contributed by atoms with E-state index in [0.29, 0.717) is 5.92 Å². The number of aryl methyl sites for hydroxylation is 1. The van der Waals surface area contributed by atoms with E-state index in [1.807, 2.05) is 31.2 Å². The van der Waals surface area contributed by atoms with Crippen LogP contribution in [0.15, 0.2) is 24.3 Å². The molecular weight excluding hydrogens is 186 g/mol. The van der Waals surface area contributed by atoms with Crippen molar-refractivity contribution in [3.8, 4) is 0 Å². The number of nitrogens with two attached hydrogens (primary N) is 1. The van der Waals surface area contributed by atoms with E-state index in [9.17, 15) is 4.79 Å². The van der Waals surface area contributed by atoms with Gasteiger partial charge in [-0.3, -0.25) is 4.79 Å². The molecule has 0 aliphatic rings. The Morgan fingerprint density at radius 2 is 2.07 bits per heavy atom. The lowest BCUT2D eigenvalue weighted by Crippen LogP contribution is -2.31. The van der Waals surface area contributed by atoms with Crippen molar-refractivity contribution >= 4 is 5.78 Å². The molecule has 0 saturated carbocycles. The second-order valence-electron chi connectivity index (χ2n) is 4.47. The van der Waals surface area contributed by atoms with Gasteiger partial charge in [-0.05, 0) is 25.3 Å². The van der Waals surface area contributed by atoms with Gasteiger partial charge in [-0.1, -0.05) is 37.6 Å². The summed E-state index contributed by atoms with van der Waals surface area (Å²) < 4.78 is 0. The second-order valence-corrected chi connectivity index (χ2v) is 4.47. The number of carbonyl (C=O) groups is 1. The monoisotopic (exact) mass is 205 g/mol. The number of hydrogen-bond acceptors (Lipinski definition) is 2. The molecule has 1 aromatic carbocycles. The molecule has 2 N–H and O–H groups in total. The molecule has 15 heavy (non-hydrogen) atoms. The Balaban J connectivity index is 2.76. The van der Waals surface area contributed by atoms with Gasteiger partial charge in [-0.25, -0.2) is 0 Å². The number of benzene rings is 1. The van der Waals surface area contributed by atoms with Crippen LogP contribution in [0.4, 0.5) is 0 Å².